The molecule has 1 aromatic rings. The number of hydrogen-bond acceptors (Lipinski definition) is 5. The Kier molecular flexibility index (Phi) is 8.57. The van der Waals surface area contributed by atoms with Crippen LogP contribution in [0.25, 0.3) is 0 Å². The van der Waals surface area contributed by atoms with Gasteiger partial charge < -0.3 is 14.5 Å². The standard InChI is InChI=1S/C28H39F3N4O3/c29-28(30,31)21-8-9-25(32-19-21)35(26(36)20-5-2-1-3-6-20)23-12-14-33(15-13-23)22-10-16-34(17-11-22)27(37)24-7-4-18-38-24/h8-9,19-20,22-24H,1-7,10-18H2/t24-/m1/s1. The van der Waals surface area contributed by atoms with E-state index in [1.165, 1.54) is 6.07 Å². The zero-order chi connectivity index (χ0) is 26.7. The second-order valence-corrected chi connectivity index (χ2v) is 11.3. The molecule has 2 amide bonds. The van der Waals surface area contributed by atoms with E-state index in [4.69, 9.17) is 4.74 Å². The predicted molar refractivity (Wildman–Crippen MR) is 136 cm³/mol. The van der Waals surface area contributed by atoms with Crippen molar-refractivity contribution in [2.45, 2.75) is 95.0 Å². The average Bonchev–Trinajstić information content (AvgIpc) is 3.49. The molecular formula is C28H39F3N4O3. The van der Waals surface area contributed by atoms with Gasteiger partial charge in [0.1, 0.15) is 11.9 Å². The summed E-state index contributed by atoms with van der Waals surface area (Å²) in [4.78, 5) is 36.6. The first kappa shape index (κ1) is 27.4. The molecule has 38 heavy (non-hydrogen) atoms. The molecule has 4 heterocycles. The van der Waals surface area contributed by atoms with Crippen LogP contribution in [-0.2, 0) is 20.5 Å². The van der Waals surface area contributed by atoms with Crippen LogP contribution in [0.2, 0.25) is 0 Å². The van der Waals surface area contributed by atoms with Gasteiger partial charge in [0, 0.05) is 57.0 Å². The van der Waals surface area contributed by atoms with E-state index in [0.717, 1.165) is 109 Å². The van der Waals surface area contributed by atoms with E-state index in [9.17, 15) is 22.8 Å². The first-order valence-corrected chi connectivity index (χ1v) is 14.3. The predicted octanol–water partition coefficient (Wildman–Crippen LogP) is 4.65. The molecule has 210 valence electrons. The molecule has 0 unspecified atom stereocenters. The molecule has 0 bridgehead atoms. The maximum absolute atomic E-state index is 13.7. The number of pyridine rings is 1. The third kappa shape index (κ3) is 6.17. The number of halogens is 3. The summed E-state index contributed by atoms with van der Waals surface area (Å²) < 4.78 is 45.0. The van der Waals surface area contributed by atoms with E-state index >= 15 is 0 Å². The van der Waals surface area contributed by atoms with Gasteiger partial charge in [-0.3, -0.25) is 14.5 Å². The van der Waals surface area contributed by atoms with Crippen molar-refractivity contribution >= 4 is 17.6 Å². The lowest BCUT2D eigenvalue weighted by Crippen LogP contribution is -2.54. The highest BCUT2D eigenvalue weighted by molar-refractivity contribution is 5.94. The molecular weight excluding hydrogens is 497 g/mol. The van der Waals surface area contributed by atoms with Gasteiger partial charge in [-0.05, 0) is 63.5 Å². The van der Waals surface area contributed by atoms with Crippen molar-refractivity contribution in [3.8, 4) is 0 Å². The molecule has 5 rings (SSSR count). The lowest BCUT2D eigenvalue weighted by Gasteiger charge is -2.44. The van der Waals surface area contributed by atoms with E-state index in [0.29, 0.717) is 18.5 Å². The van der Waals surface area contributed by atoms with Crippen LogP contribution in [0.5, 0.6) is 0 Å². The largest absolute Gasteiger partial charge is 0.417 e. The molecule has 0 radical (unpaired) electrons. The van der Waals surface area contributed by atoms with Crippen molar-refractivity contribution in [1.82, 2.24) is 14.8 Å². The second kappa shape index (κ2) is 11.9. The number of hydrogen-bond donors (Lipinski definition) is 0. The summed E-state index contributed by atoms with van der Waals surface area (Å²) in [5.74, 6) is 0.376. The van der Waals surface area contributed by atoms with Crippen molar-refractivity contribution in [2.75, 3.05) is 37.7 Å². The van der Waals surface area contributed by atoms with Crippen molar-refractivity contribution in [1.29, 1.82) is 0 Å². The first-order chi connectivity index (χ1) is 18.3. The Balaban J connectivity index is 1.21. The molecule has 10 heteroatoms. The fourth-order valence-electron chi connectivity index (χ4n) is 6.66. The summed E-state index contributed by atoms with van der Waals surface area (Å²) in [7, 11) is 0. The van der Waals surface area contributed by atoms with Gasteiger partial charge in [-0.1, -0.05) is 19.3 Å². The maximum atomic E-state index is 13.7. The summed E-state index contributed by atoms with van der Waals surface area (Å²) in [6, 6.07) is 2.71. The molecule has 7 nitrogen and oxygen atoms in total. The van der Waals surface area contributed by atoms with Crippen molar-refractivity contribution in [3.05, 3.63) is 23.9 Å². The van der Waals surface area contributed by atoms with Crippen LogP contribution in [0.3, 0.4) is 0 Å². The Morgan fingerprint density at radius 2 is 1.61 bits per heavy atom. The lowest BCUT2D eigenvalue weighted by atomic mass is 9.87. The van der Waals surface area contributed by atoms with Crippen LogP contribution in [-0.4, -0.2) is 77.6 Å². The molecule has 4 aliphatic rings. The highest BCUT2D eigenvalue weighted by Gasteiger charge is 2.38. The SMILES string of the molecule is O=C([C@H]1CCCO1)N1CCC(N2CCC(N(C(=O)C3CCCCC3)c3ccc(C(F)(F)F)cn3)CC2)CC1. The normalized spacial score (nSPS) is 25.0. The number of anilines is 1. The molecule has 1 aromatic heterocycles. The molecule has 4 fully saturated rings. The molecule has 3 aliphatic heterocycles. The molecule has 1 aliphatic carbocycles. The molecule has 3 saturated heterocycles. The number of carbonyl (C=O) groups excluding carboxylic acids is 2. The third-order valence-corrected chi connectivity index (χ3v) is 8.88. The summed E-state index contributed by atoms with van der Waals surface area (Å²) in [5.41, 5.74) is -0.801. The van der Waals surface area contributed by atoms with E-state index in [1.807, 2.05) is 4.90 Å². The Morgan fingerprint density at radius 1 is 0.895 bits per heavy atom. The van der Waals surface area contributed by atoms with Crippen LogP contribution >= 0.6 is 0 Å². The fourth-order valence-corrected chi connectivity index (χ4v) is 6.66. The minimum atomic E-state index is -4.46. The summed E-state index contributed by atoms with van der Waals surface area (Å²) in [6.07, 6.45) is 6.06. The van der Waals surface area contributed by atoms with Crippen LogP contribution in [0.15, 0.2) is 18.3 Å². The van der Waals surface area contributed by atoms with Crippen LogP contribution < -0.4 is 4.90 Å². The van der Waals surface area contributed by atoms with E-state index in [1.54, 1.807) is 4.90 Å². The Morgan fingerprint density at radius 3 is 2.18 bits per heavy atom. The van der Waals surface area contributed by atoms with Gasteiger partial charge in [0.2, 0.25) is 5.91 Å². The third-order valence-electron chi connectivity index (χ3n) is 8.88. The molecule has 0 spiro atoms. The highest BCUT2D eigenvalue weighted by Crippen LogP contribution is 2.34. The van der Waals surface area contributed by atoms with Crippen molar-refractivity contribution < 1.29 is 27.5 Å². The number of aromatic nitrogens is 1. The number of nitrogens with zero attached hydrogens (tertiary/aromatic N) is 4. The first-order valence-electron chi connectivity index (χ1n) is 14.3. The van der Waals surface area contributed by atoms with Gasteiger partial charge in [-0.15, -0.1) is 0 Å². The summed E-state index contributed by atoms with van der Waals surface area (Å²) in [5, 5.41) is 0. The molecule has 1 atom stereocenters. The van der Waals surface area contributed by atoms with Gasteiger partial charge in [-0.2, -0.15) is 13.2 Å². The number of piperidine rings is 2. The average molecular weight is 537 g/mol. The van der Waals surface area contributed by atoms with E-state index in [-0.39, 0.29) is 29.9 Å². The van der Waals surface area contributed by atoms with Crippen molar-refractivity contribution in [2.24, 2.45) is 5.92 Å². The Bertz CT molecular complexity index is 945. The molecule has 0 N–H and O–H groups in total. The fraction of sp³-hybridized carbons (Fsp3) is 0.750. The molecule has 1 saturated carbocycles. The van der Waals surface area contributed by atoms with Gasteiger partial charge in [0.05, 0.1) is 5.56 Å². The number of likely N-dealkylation sites (tertiary alicyclic amines) is 2. The van der Waals surface area contributed by atoms with Gasteiger partial charge in [0.15, 0.2) is 0 Å². The van der Waals surface area contributed by atoms with E-state index < -0.39 is 11.7 Å². The lowest BCUT2D eigenvalue weighted by molar-refractivity contribution is -0.142. The number of ether oxygens (including phenoxy) is 1. The number of amides is 2. The number of rotatable bonds is 5. The monoisotopic (exact) mass is 536 g/mol. The van der Waals surface area contributed by atoms with Gasteiger partial charge in [-0.25, -0.2) is 4.98 Å². The Labute approximate surface area is 222 Å². The van der Waals surface area contributed by atoms with Gasteiger partial charge in [0.25, 0.3) is 5.91 Å². The second-order valence-electron chi connectivity index (χ2n) is 11.3. The van der Waals surface area contributed by atoms with Crippen LogP contribution in [0.1, 0.15) is 76.2 Å². The van der Waals surface area contributed by atoms with Crippen molar-refractivity contribution in [3.63, 3.8) is 0 Å². The zero-order valence-electron chi connectivity index (χ0n) is 22.0. The number of alkyl halides is 3. The minimum absolute atomic E-state index is 0.0105. The van der Waals surface area contributed by atoms with Crippen LogP contribution in [0, 0.1) is 5.92 Å². The molecule has 0 aromatic carbocycles. The highest BCUT2D eigenvalue weighted by atomic mass is 19.4. The van der Waals surface area contributed by atoms with E-state index in [2.05, 4.69) is 9.88 Å². The zero-order valence-corrected chi connectivity index (χ0v) is 22.0. The Hall–Kier alpha value is -2.20. The topological polar surface area (TPSA) is 66.0 Å². The smallest absolute Gasteiger partial charge is 0.368 e. The summed E-state index contributed by atoms with van der Waals surface area (Å²) in [6.45, 7) is 3.80. The van der Waals surface area contributed by atoms with Gasteiger partial charge >= 0.3 is 6.18 Å². The number of carbonyl (C=O) groups is 2. The van der Waals surface area contributed by atoms with Crippen LogP contribution in [0.4, 0.5) is 19.0 Å². The minimum Gasteiger partial charge on any atom is -0.368 e. The summed E-state index contributed by atoms with van der Waals surface area (Å²) >= 11 is 0. The quantitative estimate of drug-likeness (QED) is 0.548. The maximum Gasteiger partial charge on any atom is 0.417 e.